The Morgan fingerprint density at radius 1 is 1.19 bits per heavy atom. The van der Waals surface area contributed by atoms with E-state index in [2.05, 4.69) is 44.4 Å². The van der Waals surface area contributed by atoms with Crippen LogP contribution in [0.3, 0.4) is 0 Å². The Hall–Kier alpha value is -1.81. The van der Waals surface area contributed by atoms with Crippen LogP contribution < -0.4 is 5.32 Å². The highest BCUT2D eigenvalue weighted by Gasteiger charge is 2.28. The summed E-state index contributed by atoms with van der Waals surface area (Å²) < 4.78 is 6.90. The molecule has 1 heterocycles. The van der Waals surface area contributed by atoms with Crippen molar-refractivity contribution in [3.05, 3.63) is 58.4 Å². The molecule has 21 heavy (non-hydrogen) atoms. The van der Waals surface area contributed by atoms with E-state index in [-0.39, 0.29) is 0 Å². The summed E-state index contributed by atoms with van der Waals surface area (Å²) in [5.74, 6) is 1.45. The van der Waals surface area contributed by atoms with Crippen LogP contribution >= 0.6 is 15.9 Å². The number of oxazole rings is 1. The van der Waals surface area contributed by atoms with Gasteiger partial charge in [0, 0.05) is 22.6 Å². The number of anilines is 1. The number of benzene rings is 2. The van der Waals surface area contributed by atoms with Crippen LogP contribution in [0, 0.1) is 0 Å². The lowest BCUT2D eigenvalue weighted by Gasteiger charge is -2.07. The number of halogens is 1. The second kappa shape index (κ2) is 5.19. The van der Waals surface area contributed by atoms with Crippen molar-refractivity contribution in [2.75, 3.05) is 5.32 Å². The summed E-state index contributed by atoms with van der Waals surface area (Å²) in [7, 11) is 0. The van der Waals surface area contributed by atoms with Crippen LogP contribution in [0.4, 0.5) is 5.69 Å². The number of nitrogens with zero attached hydrogens (tertiary/aromatic N) is 1. The largest absolute Gasteiger partial charge is 0.440 e. The zero-order chi connectivity index (χ0) is 14.2. The minimum Gasteiger partial charge on any atom is -0.440 e. The molecular formula is C17H15BrN2O. The first-order valence-electron chi connectivity index (χ1n) is 7.17. The molecule has 1 aliphatic carbocycles. The van der Waals surface area contributed by atoms with E-state index in [9.17, 15) is 0 Å². The summed E-state index contributed by atoms with van der Waals surface area (Å²) in [6, 6.07) is 14.3. The normalized spacial score (nSPS) is 14.5. The Morgan fingerprint density at radius 3 is 2.86 bits per heavy atom. The molecule has 0 aliphatic heterocycles. The van der Waals surface area contributed by atoms with Crippen molar-refractivity contribution in [3.63, 3.8) is 0 Å². The summed E-state index contributed by atoms with van der Waals surface area (Å²) in [6.07, 6.45) is 2.42. The number of hydrogen-bond acceptors (Lipinski definition) is 3. The minimum atomic E-state index is 0.550. The Kier molecular flexibility index (Phi) is 3.19. The fourth-order valence-corrected chi connectivity index (χ4v) is 2.82. The molecule has 4 rings (SSSR count). The predicted molar refractivity (Wildman–Crippen MR) is 87.5 cm³/mol. The Morgan fingerprint density at radius 2 is 2.05 bits per heavy atom. The molecule has 0 atom stereocenters. The third-order valence-corrected chi connectivity index (χ3v) is 4.55. The number of nitrogens with one attached hydrogen (secondary N) is 1. The van der Waals surface area contributed by atoms with E-state index in [1.54, 1.807) is 0 Å². The molecule has 1 N–H and O–H groups in total. The van der Waals surface area contributed by atoms with Crippen LogP contribution in [0.5, 0.6) is 0 Å². The van der Waals surface area contributed by atoms with E-state index < -0.39 is 0 Å². The second-order valence-corrected chi connectivity index (χ2v) is 6.31. The first kappa shape index (κ1) is 12.9. The van der Waals surface area contributed by atoms with Gasteiger partial charge in [-0.25, -0.2) is 4.98 Å². The van der Waals surface area contributed by atoms with Crippen LogP contribution in [0.2, 0.25) is 0 Å². The van der Waals surface area contributed by atoms with Gasteiger partial charge in [0.2, 0.25) is 0 Å². The van der Waals surface area contributed by atoms with E-state index in [1.807, 2.05) is 24.3 Å². The van der Waals surface area contributed by atoms with Gasteiger partial charge in [-0.3, -0.25) is 0 Å². The number of rotatable bonds is 4. The van der Waals surface area contributed by atoms with Crippen molar-refractivity contribution in [2.45, 2.75) is 25.3 Å². The molecule has 0 radical (unpaired) electrons. The zero-order valence-corrected chi connectivity index (χ0v) is 13.1. The van der Waals surface area contributed by atoms with Gasteiger partial charge in [0.05, 0.1) is 0 Å². The predicted octanol–water partition coefficient (Wildman–Crippen LogP) is 5.08. The molecule has 3 aromatic rings. The van der Waals surface area contributed by atoms with Crippen molar-refractivity contribution in [1.29, 1.82) is 0 Å². The maximum Gasteiger partial charge on any atom is 0.198 e. The SMILES string of the molecule is Brc1ccccc1CNc1ccc2oc(C3CC3)nc2c1. The molecule has 0 spiro atoms. The maximum atomic E-state index is 5.78. The van der Waals surface area contributed by atoms with Crippen molar-refractivity contribution in [3.8, 4) is 0 Å². The van der Waals surface area contributed by atoms with Gasteiger partial charge >= 0.3 is 0 Å². The lowest BCUT2D eigenvalue weighted by molar-refractivity contribution is 0.533. The Labute approximate surface area is 131 Å². The third kappa shape index (κ3) is 2.68. The molecule has 1 aromatic heterocycles. The molecule has 1 fully saturated rings. The van der Waals surface area contributed by atoms with E-state index in [4.69, 9.17) is 4.42 Å². The summed E-state index contributed by atoms with van der Waals surface area (Å²) >= 11 is 3.57. The molecule has 2 aromatic carbocycles. The molecule has 0 saturated heterocycles. The van der Waals surface area contributed by atoms with E-state index in [0.717, 1.165) is 33.7 Å². The van der Waals surface area contributed by atoms with E-state index >= 15 is 0 Å². The van der Waals surface area contributed by atoms with E-state index in [0.29, 0.717) is 5.92 Å². The van der Waals surface area contributed by atoms with Crippen LogP contribution in [0.25, 0.3) is 11.1 Å². The number of hydrogen-bond donors (Lipinski definition) is 1. The minimum absolute atomic E-state index is 0.550. The molecule has 1 saturated carbocycles. The quantitative estimate of drug-likeness (QED) is 0.718. The monoisotopic (exact) mass is 342 g/mol. The number of fused-ring (bicyclic) bond motifs is 1. The van der Waals surface area contributed by atoms with E-state index in [1.165, 1.54) is 18.4 Å². The van der Waals surface area contributed by atoms with Gasteiger partial charge in [-0.1, -0.05) is 34.1 Å². The van der Waals surface area contributed by atoms with Crippen LogP contribution in [0.15, 0.2) is 51.4 Å². The standard InChI is InChI=1S/C17H15BrN2O/c18-14-4-2-1-3-12(14)10-19-13-7-8-16-15(9-13)20-17(21-16)11-5-6-11/h1-4,7-9,11,19H,5-6,10H2. The maximum absolute atomic E-state index is 5.78. The van der Waals surface area contributed by atoms with Gasteiger partial charge in [0.15, 0.2) is 11.5 Å². The highest BCUT2D eigenvalue weighted by atomic mass is 79.9. The number of aromatic nitrogens is 1. The van der Waals surface area contributed by atoms with Crippen molar-refractivity contribution < 1.29 is 4.42 Å². The van der Waals surface area contributed by atoms with Gasteiger partial charge in [0.1, 0.15) is 5.52 Å². The highest BCUT2D eigenvalue weighted by molar-refractivity contribution is 9.10. The Balaban J connectivity index is 1.54. The highest BCUT2D eigenvalue weighted by Crippen LogP contribution is 2.40. The van der Waals surface area contributed by atoms with Gasteiger partial charge in [-0.15, -0.1) is 0 Å². The Bertz CT molecular complexity index is 792. The van der Waals surface area contributed by atoms with Crippen molar-refractivity contribution in [1.82, 2.24) is 4.98 Å². The van der Waals surface area contributed by atoms with Gasteiger partial charge in [-0.2, -0.15) is 0 Å². The molecule has 106 valence electrons. The first-order valence-corrected chi connectivity index (χ1v) is 7.97. The van der Waals surface area contributed by atoms with Crippen LogP contribution in [0.1, 0.15) is 30.2 Å². The molecule has 1 aliphatic rings. The first-order chi connectivity index (χ1) is 10.3. The molecule has 0 bridgehead atoms. The smallest absolute Gasteiger partial charge is 0.198 e. The fourth-order valence-electron chi connectivity index (χ4n) is 2.40. The summed E-state index contributed by atoms with van der Waals surface area (Å²) in [4.78, 5) is 4.59. The fraction of sp³-hybridized carbons (Fsp3) is 0.235. The molecule has 0 unspecified atom stereocenters. The van der Waals surface area contributed by atoms with Gasteiger partial charge in [0.25, 0.3) is 0 Å². The average molecular weight is 343 g/mol. The van der Waals surface area contributed by atoms with Crippen molar-refractivity contribution in [2.24, 2.45) is 0 Å². The van der Waals surface area contributed by atoms with Crippen molar-refractivity contribution >= 4 is 32.7 Å². The molecule has 3 nitrogen and oxygen atoms in total. The second-order valence-electron chi connectivity index (χ2n) is 5.45. The zero-order valence-electron chi connectivity index (χ0n) is 11.5. The van der Waals surface area contributed by atoms with Crippen LogP contribution in [-0.4, -0.2) is 4.98 Å². The van der Waals surface area contributed by atoms with Gasteiger partial charge < -0.3 is 9.73 Å². The molecular weight excluding hydrogens is 328 g/mol. The topological polar surface area (TPSA) is 38.1 Å². The lowest BCUT2D eigenvalue weighted by Crippen LogP contribution is -1.99. The third-order valence-electron chi connectivity index (χ3n) is 3.77. The summed E-state index contributed by atoms with van der Waals surface area (Å²) in [6.45, 7) is 0.778. The average Bonchev–Trinajstić information content (AvgIpc) is 3.26. The molecule has 4 heteroatoms. The van der Waals surface area contributed by atoms with Crippen LogP contribution in [-0.2, 0) is 6.54 Å². The lowest BCUT2D eigenvalue weighted by atomic mass is 10.2. The summed E-state index contributed by atoms with van der Waals surface area (Å²) in [5.41, 5.74) is 4.11. The summed E-state index contributed by atoms with van der Waals surface area (Å²) in [5, 5.41) is 3.44. The van der Waals surface area contributed by atoms with Gasteiger partial charge in [-0.05, 0) is 42.7 Å². The molecule has 0 amide bonds.